The van der Waals surface area contributed by atoms with Gasteiger partial charge in [0.05, 0.1) is 11.1 Å². The Morgan fingerprint density at radius 1 is 1.43 bits per heavy atom. The van der Waals surface area contributed by atoms with E-state index in [1.165, 1.54) is 24.3 Å². The second-order valence-electron chi connectivity index (χ2n) is 2.84. The lowest BCUT2D eigenvalue weighted by Gasteiger charge is -2.12. The molecule has 0 aliphatic carbocycles. The van der Waals surface area contributed by atoms with E-state index in [0.717, 1.165) is 0 Å². The van der Waals surface area contributed by atoms with Gasteiger partial charge < -0.3 is 9.84 Å². The monoisotopic (exact) mass is 196 g/mol. The predicted octanol–water partition coefficient (Wildman–Crippen LogP) is 1.06. The van der Waals surface area contributed by atoms with Crippen molar-refractivity contribution >= 4 is 11.9 Å². The van der Waals surface area contributed by atoms with Crippen molar-refractivity contribution in [2.24, 2.45) is 0 Å². The number of halogens is 1. The van der Waals surface area contributed by atoms with Crippen molar-refractivity contribution in [2.45, 2.75) is 5.85 Å². The van der Waals surface area contributed by atoms with E-state index in [9.17, 15) is 14.0 Å². The van der Waals surface area contributed by atoms with Gasteiger partial charge in [-0.2, -0.15) is 4.39 Å². The van der Waals surface area contributed by atoms with Crippen molar-refractivity contribution in [1.29, 1.82) is 0 Å². The Kier molecular flexibility index (Phi) is 1.57. The third kappa shape index (κ3) is 0.921. The van der Waals surface area contributed by atoms with Crippen LogP contribution in [0.25, 0.3) is 0 Å². The number of carboxylic acids is 1. The van der Waals surface area contributed by atoms with Crippen LogP contribution in [0.15, 0.2) is 24.3 Å². The van der Waals surface area contributed by atoms with Crippen molar-refractivity contribution in [3.63, 3.8) is 0 Å². The molecule has 1 heterocycles. The lowest BCUT2D eigenvalue weighted by Crippen LogP contribution is -2.30. The minimum atomic E-state index is -3.03. The van der Waals surface area contributed by atoms with Gasteiger partial charge in [0, 0.05) is 0 Å². The van der Waals surface area contributed by atoms with Gasteiger partial charge >= 0.3 is 17.8 Å². The first-order valence-electron chi connectivity index (χ1n) is 3.81. The smallest absolute Gasteiger partial charge is 0.387 e. The molecule has 0 saturated carbocycles. The normalized spacial score (nSPS) is 24.2. The molecule has 1 N–H and O–H groups in total. The third-order valence-electron chi connectivity index (χ3n) is 2.00. The Morgan fingerprint density at radius 2 is 2.07 bits per heavy atom. The van der Waals surface area contributed by atoms with Gasteiger partial charge in [-0.05, 0) is 6.07 Å². The van der Waals surface area contributed by atoms with Crippen LogP contribution in [-0.2, 0) is 15.4 Å². The topological polar surface area (TPSA) is 63.6 Å². The molecule has 0 spiro atoms. The van der Waals surface area contributed by atoms with Crippen LogP contribution in [0.2, 0.25) is 0 Å². The number of alkyl halides is 1. The third-order valence-corrected chi connectivity index (χ3v) is 2.00. The quantitative estimate of drug-likeness (QED) is 0.682. The fourth-order valence-corrected chi connectivity index (χ4v) is 1.34. The first-order valence-corrected chi connectivity index (χ1v) is 3.81. The van der Waals surface area contributed by atoms with Gasteiger partial charge in [0.25, 0.3) is 0 Å². The molecule has 0 aromatic heterocycles. The molecule has 0 saturated heterocycles. The van der Waals surface area contributed by atoms with E-state index in [1.54, 1.807) is 0 Å². The number of aliphatic carboxylic acids is 1. The Balaban J connectivity index is 2.65. The summed E-state index contributed by atoms with van der Waals surface area (Å²) in [5, 5.41) is 8.58. The molecule has 4 nitrogen and oxygen atoms in total. The van der Waals surface area contributed by atoms with Crippen molar-refractivity contribution in [2.75, 3.05) is 0 Å². The second-order valence-corrected chi connectivity index (χ2v) is 2.84. The van der Waals surface area contributed by atoms with Crippen LogP contribution in [0.3, 0.4) is 0 Å². The summed E-state index contributed by atoms with van der Waals surface area (Å²) in [6, 6.07) is 5.49. The van der Waals surface area contributed by atoms with Gasteiger partial charge in [0.2, 0.25) is 0 Å². The van der Waals surface area contributed by atoms with Gasteiger partial charge in [0.15, 0.2) is 0 Å². The van der Waals surface area contributed by atoms with E-state index in [2.05, 4.69) is 4.74 Å². The molecule has 0 amide bonds. The van der Waals surface area contributed by atoms with E-state index in [1.807, 2.05) is 0 Å². The van der Waals surface area contributed by atoms with E-state index in [0.29, 0.717) is 0 Å². The van der Waals surface area contributed by atoms with Crippen LogP contribution >= 0.6 is 0 Å². The van der Waals surface area contributed by atoms with Crippen LogP contribution in [0.4, 0.5) is 4.39 Å². The average molecular weight is 196 g/mol. The Labute approximate surface area is 77.9 Å². The molecule has 0 radical (unpaired) electrons. The number of hydrogen-bond acceptors (Lipinski definition) is 3. The molecule has 5 heteroatoms. The lowest BCUT2D eigenvalue weighted by molar-refractivity contribution is -0.180. The van der Waals surface area contributed by atoms with Gasteiger partial charge in [0.1, 0.15) is 0 Å². The molecule has 1 unspecified atom stereocenters. The molecule has 1 aromatic rings. The number of carbonyl (C=O) groups excluding carboxylic acids is 1. The summed E-state index contributed by atoms with van der Waals surface area (Å²) < 4.78 is 17.8. The summed E-state index contributed by atoms with van der Waals surface area (Å²) in [6.45, 7) is 0. The maximum Gasteiger partial charge on any atom is 0.387 e. The molecule has 1 aliphatic heterocycles. The summed E-state index contributed by atoms with van der Waals surface area (Å²) in [4.78, 5) is 21.6. The number of rotatable bonds is 1. The van der Waals surface area contributed by atoms with Crippen LogP contribution < -0.4 is 0 Å². The highest BCUT2D eigenvalue weighted by Crippen LogP contribution is 2.37. The van der Waals surface area contributed by atoms with Crippen LogP contribution in [0.1, 0.15) is 15.9 Å². The van der Waals surface area contributed by atoms with Crippen molar-refractivity contribution in [1.82, 2.24) is 0 Å². The van der Waals surface area contributed by atoms with Crippen molar-refractivity contribution < 1.29 is 23.8 Å². The predicted molar refractivity (Wildman–Crippen MR) is 42.3 cm³/mol. The number of ether oxygens (including phenoxy) is 1. The minimum absolute atomic E-state index is 0.0441. The Hall–Kier alpha value is -1.91. The number of hydrogen-bond donors (Lipinski definition) is 1. The van der Waals surface area contributed by atoms with Crippen LogP contribution in [-0.4, -0.2) is 17.0 Å². The average Bonchev–Trinajstić information content (AvgIpc) is 2.42. The molecule has 14 heavy (non-hydrogen) atoms. The number of fused-ring (bicyclic) bond motifs is 1. The van der Waals surface area contributed by atoms with Gasteiger partial charge in [-0.15, -0.1) is 0 Å². The number of carbonyl (C=O) groups is 2. The van der Waals surface area contributed by atoms with Crippen LogP contribution in [0, 0.1) is 0 Å². The molecule has 1 atom stereocenters. The van der Waals surface area contributed by atoms with E-state index < -0.39 is 17.8 Å². The molecular formula is C9H5FO4. The Morgan fingerprint density at radius 3 is 2.71 bits per heavy atom. The van der Waals surface area contributed by atoms with Crippen molar-refractivity contribution in [3.8, 4) is 0 Å². The largest absolute Gasteiger partial charge is 0.476 e. The number of esters is 1. The van der Waals surface area contributed by atoms with Gasteiger partial charge in [-0.1, -0.05) is 18.2 Å². The van der Waals surface area contributed by atoms with Gasteiger partial charge in [-0.25, -0.2) is 9.59 Å². The standard InChI is InChI=1S/C9H5FO4/c10-9(8(12)13)6-4-2-1-3-5(6)7(11)14-9/h1-4H,(H,12,13). The van der Waals surface area contributed by atoms with Crippen molar-refractivity contribution in [3.05, 3.63) is 35.4 Å². The second kappa shape index (κ2) is 2.54. The Bertz CT molecular complexity index is 429. The fraction of sp³-hybridized carbons (Fsp3) is 0.111. The SMILES string of the molecule is O=C1OC(F)(C(=O)O)c2ccccc21. The van der Waals surface area contributed by atoms with E-state index >= 15 is 0 Å². The molecule has 0 fully saturated rings. The van der Waals surface area contributed by atoms with E-state index in [4.69, 9.17) is 5.11 Å². The first kappa shape index (κ1) is 8.68. The maximum absolute atomic E-state index is 13.6. The summed E-state index contributed by atoms with van der Waals surface area (Å²) in [6.07, 6.45) is 0. The summed E-state index contributed by atoms with van der Waals surface area (Å²) in [5.41, 5.74) is -0.296. The lowest BCUT2D eigenvalue weighted by atomic mass is 10.0. The molecular weight excluding hydrogens is 191 g/mol. The first-order chi connectivity index (χ1) is 6.55. The highest BCUT2D eigenvalue weighted by molar-refractivity contribution is 5.99. The molecule has 1 aromatic carbocycles. The number of benzene rings is 1. The van der Waals surface area contributed by atoms with E-state index in [-0.39, 0.29) is 11.1 Å². The number of carboxylic acid groups (broad SMARTS) is 1. The molecule has 1 aliphatic rings. The maximum atomic E-state index is 13.6. The zero-order valence-corrected chi connectivity index (χ0v) is 6.86. The number of cyclic esters (lactones) is 1. The fourth-order valence-electron chi connectivity index (χ4n) is 1.34. The minimum Gasteiger partial charge on any atom is -0.476 e. The molecule has 2 rings (SSSR count). The van der Waals surface area contributed by atoms with Gasteiger partial charge in [-0.3, -0.25) is 0 Å². The van der Waals surface area contributed by atoms with Crippen LogP contribution in [0.5, 0.6) is 0 Å². The molecule has 72 valence electrons. The zero-order chi connectivity index (χ0) is 10.3. The summed E-state index contributed by atoms with van der Waals surface area (Å²) in [7, 11) is 0. The summed E-state index contributed by atoms with van der Waals surface area (Å²) >= 11 is 0. The highest BCUT2D eigenvalue weighted by atomic mass is 19.2. The highest BCUT2D eigenvalue weighted by Gasteiger charge is 2.52. The summed E-state index contributed by atoms with van der Waals surface area (Å²) in [5.74, 6) is -5.81. The zero-order valence-electron chi connectivity index (χ0n) is 6.86. The molecule has 0 bridgehead atoms.